The molecule has 1 heterocycles. The van der Waals surface area contributed by atoms with Crippen LogP contribution in [0.2, 0.25) is 0 Å². The van der Waals surface area contributed by atoms with Gasteiger partial charge in [0.1, 0.15) is 5.75 Å². The van der Waals surface area contributed by atoms with E-state index in [0.29, 0.717) is 23.6 Å². The van der Waals surface area contributed by atoms with Crippen molar-refractivity contribution in [3.05, 3.63) is 64.7 Å². The molecule has 3 atom stereocenters. The minimum absolute atomic E-state index is 0.387. The second-order valence-electron chi connectivity index (χ2n) is 6.94. The monoisotopic (exact) mass is 293 g/mol. The highest BCUT2D eigenvalue weighted by atomic mass is 16.3. The fourth-order valence-electron chi connectivity index (χ4n) is 4.64. The van der Waals surface area contributed by atoms with Crippen molar-refractivity contribution in [2.75, 3.05) is 13.6 Å². The van der Waals surface area contributed by atoms with Crippen molar-refractivity contribution in [1.29, 1.82) is 0 Å². The van der Waals surface area contributed by atoms with Crippen LogP contribution >= 0.6 is 0 Å². The zero-order chi connectivity index (χ0) is 15.3. The highest BCUT2D eigenvalue weighted by molar-refractivity contribution is 5.49. The van der Waals surface area contributed by atoms with Gasteiger partial charge >= 0.3 is 0 Å². The zero-order valence-electron chi connectivity index (χ0n) is 13.3. The molecular weight excluding hydrogens is 270 g/mol. The van der Waals surface area contributed by atoms with Gasteiger partial charge in [-0.25, -0.2) is 0 Å². The molecule has 0 amide bonds. The van der Waals surface area contributed by atoms with Crippen LogP contribution in [0.4, 0.5) is 0 Å². The van der Waals surface area contributed by atoms with Gasteiger partial charge < -0.3 is 5.11 Å². The lowest BCUT2D eigenvalue weighted by Crippen LogP contribution is -2.34. The molecule has 2 aliphatic rings. The van der Waals surface area contributed by atoms with E-state index in [-0.39, 0.29) is 0 Å². The van der Waals surface area contributed by atoms with Crippen LogP contribution < -0.4 is 0 Å². The Morgan fingerprint density at radius 1 is 1.09 bits per heavy atom. The summed E-state index contributed by atoms with van der Waals surface area (Å²) in [6.45, 7) is 3.33. The summed E-state index contributed by atoms with van der Waals surface area (Å²) >= 11 is 0. The third-order valence-electron chi connectivity index (χ3n) is 5.48. The topological polar surface area (TPSA) is 23.5 Å². The molecule has 3 unspecified atom stereocenters. The van der Waals surface area contributed by atoms with Crippen molar-refractivity contribution in [2.24, 2.45) is 5.92 Å². The number of phenolic OH excluding ortho intramolecular Hbond substituents is 1. The smallest absolute Gasteiger partial charge is 0.115 e. The number of piperidine rings is 1. The molecule has 0 aromatic heterocycles. The van der Waals surface area contributed by atoms with Gasteiger partial charge in [-0.2, -0.15) is 0 Å². The molecule has 2 nitrogen and oxygen atoms in total. The van der Waals surface area contributed by atoms with Crippen LogP contribution in [-0.4, -0.2) is 23.6 Å². The number of rotatable bonds is 1. The van der Waals surface area contributed by atoms with E-state index in [1.54, 1.807) is 0 Å². The van der Waals surface area contributed by atoms with Crippen LogP contribution in [0.3, 0.4) is 0 Å². The third kappa shape index (κ3) is 2.05. The quantitative estimate of drug-likeness (QED) is 0.850. The van der Waals surface area contributed by atoms with E-state index in [1.165, 1.54) is 41.6 Å². The molecule has 4 rings (SSSR count). The highest BCUT2D eigenvalue weighted by Crippen LogP contribution is 2.54. The lowest BCUT2D eigenvalue weighted by molar-refractivity contribution is 0.127. The van der Waals surface area contributed by atoms with Gasteiger partial charge in [-0.05, 0) is 68.1 Å². The van der Waals surface area contributed by atoms with Crippen LogP contribution in [0.1, 0.15) is 47.1 Å². The molecule has 2 aromatic carbocycles. The van der Waals surface area contributed by atoms with Gasteiger partial charge in [0.05, 0.1) is 0 Å². The van der Waals surface area contributed by atoms with Gasteiger partial charge in [-0.1, -0.05) is 35.9 Å². The second kappa shape index (κ2) is 5.13. The Kier molecular flexibility index (Phi) is 3.23. The normalized spacial score (nSPS) is 27.5. The third-order valence-corrected chi connectivity index (χ3v) is 5.48. The Bertz CT molecular complexity index is 709. The van der Waals surface area contributed by atoms with E-state index < -0.39 is 0 Å². The molecule has 114 valence electrons. The van der Waals surface area contributed by atoms with E-state index in [2.05, 4.69) is 49.2 Å². The minimum Gasteiger partial charge on any atom is -0.508 e. The number of nitrogens with zero attached hydrogens (tertiary/aromatic N) is 1. The maximum atomic E-state index is 10.0. The van der Waals surface area contributed by atoms with E-state index in [9.17, 15) is 5.11 Å². The van der Waals surface area contributed by atoms with Crippen molar-refractivity contribution in [2.45, 2.75) is 31.7 Å². The summed E-state index contributed by atoms with van der Waals surface area (Å²) in [5.74, 6) is 1.42. The maximum absolute atomic E-state index is 10.0. The molecule has 0 bridgehead atoms. The van der Waals surface area contributed by atoms with Crippen LogP contribution in [0.5, 0.6) is 5.75 Å². The molecule has 0 radical (unpaired) electrons. The summed E-state index contributed by atoms with van der Waals surface area (Å²) in [6, 6.07) is 15.4. The summed E-state index contributed by atoms with van der Waals surface area (Å²) in [4.78, 5) is 2.50. The summed E-state index contributed by atoms with van der Waals surface area (Å²) < 4.78 is 0. The molecule has 1 aliphatic heterocycles. The number of benzene rings is 2. The van der Waals surface area contributed by atoms with Crippen LogP contribution in [-0.2, 0) is 0 Å². The van der Waals surface area contributed by atoms with Crippen LogP contribution in [0.15, 0.2) is 42.5 Å². The van der Waals surface area contributed by atoms with Gasteiger partial charge in [-0.15, -0.1) is 0 Å². The molecule has 0 spiro atoms. The van der Waals surface area contributed by atoms with Crippen molar-refractivity contribution in [3.63, 3.8) is 0 Å². The molecular formula is C20H23NO. The van der Waals surface area contributed by atoms with Gasteiger partial charge in [0, 0.05) is 12.0 Å². The number of likely N-dealkylation sites (tertiary alicyclic amines) is 1. The molecule has 22 heavy (non-hydrogen) atoms. The maximum Gasteiger partial charge on any atom is 0.115 e. The largest absolute Gasteiger partial charge is 0.508 e. The van der Waals surface area contributed by atoms with Gasteiger partial charge in [-0.3, -0.25) is 4.90 Å². The number of aromatic hydroxyl groups is 1. The molecule has 1 N–H and O–H groups in total. The summed E-state index contributed by atoms with van der Waals surface area (Å²) in [5.41, 5.74) is 5.45. The molecule has 1 fully saturated rings. The molecule has 1 aliphatic carbocycles. The zero-order valence-corrected chi connectivity index (χ0v) is 13.3. The van der Waals surface area contributed by atoms with Crippen molar-refractivity contribution in [1.82, 2.24) is 4.90 Å². The number of hydrogen-bond acceptors (Lipinski definition) is 2. The Labute approximate surface area is 132 Å². The molecule has 2 heteroatoms. The van der Waals surface area contributed by atoms with Gasteiger partial charge in [0.15, 0.2) is 0 Å². The summed E-state index contributed by atoms with van der Waals surface area (Å²) in [6.07, 6.45) is 2.53. The molecule has 2 aromatic rings. The predicted octanol–water partition coefficient (Wildman–Crippen LogP) is 4.23. The summed E-state index contributed by atoms with van der Waals surface area (Å²) in [5, 5.41) is 10.0. The second-order valence-corrected chi connectivity index (χ2v) is 6.94. The highest BCUT2D eigenvalue weighted by Gasteiger charge is 2.44. The SMILES string of the molecule is Cc1cccc(C2c3cc(O)ccc3C3C2CCCN3C)c1. The Morgan fingerprint density at radius 2 is 1.95 bits per heavy atom. The Hall–Kier alpha value is -1.80. The van der Waals surface area contributed by atoms with Crippen molar-refractivity contribution in [3.8, 4) is 5.75 Å². The number of fused-ring (bicyclic) bond motifs is 3. The fraction of sp³-hybridized carbons (Fsp3) is 0.400. The standard InChI is InChI=1S/C20H23NO/c1-13-5-3-6-14(11-13)19-17-7-4-10-21(2)20(17)16-9-8-15(22)12-18(16)19/h3,5-6,8-9,11-12,17,19-20,22H,4,7,10H2,1-2H3. The number of phenols is 1. The van der Waals surface area contributed by atoms with E-state index in [4.69, 9.17) is 0 Å². The van der Waals surface area contributed by atoms with E-state index >= 15 is 0 Å². The lowest BCUT2D eigenvalue weighted by atomic mass is 9.79. The average molecular weight is 293 g/mol. The number of hydrogen-bond donors (Lipinski definition) is 1. The Morgan fingerprint density at radius 3 is 2.77 bits per heavy atom. The summed E-state index contributed by atoms with van der Waals surface area (Å²) in [7, 11) is 2.24. The van der Waals surface area contributed by atoms with Gasteiger partial charge in [0.2, 0.25) is 0 Å². The predicted molar refractivity (Wildman–Crippen MR) is 89.2 cm³/mol. The first-order valence-electron chi connectivity index (χ1n) is 8.25. The Balaban J connectivity index is 1.88. The van der Waals surface area contributed by atoms with E-state index in [1.807, 2.05) is 12.1 Å². The lowest BCUT2D eigenvalue weighted by Gasteiger charge is -2.37. The first-order valence-corrected chi connectivity index (χ1v) is 8.25. The fourth-order valence-corrected chi connectivity index (χ4v) is 4.64. The first kappa shape index (κ1) is 13.8. The van der Waals surface area contributed by atoms with Gasteiger partial charge in [0.25, 0.3) is 0 Å². The van der Waals surface area contributed by atoms with Crippen LogP contribution in [0, 0.1) is 12.8 Å². The minimum atomic E-state index is 0.387. The first-order chi connectivity index (χ1) is 10.6. The number of aryl methyl sites for hydroxylation is 1. The van der Waals surface area contributed by atoms with Crippen molar-refractivity contribution >= 4 is 0 Å². The van der Waals surface area contributed by atoms with Crippen LogP contribution in [0.25, 0.3) is 0 Å². The van der Waals surface area contributed by atoms with E-state index in [0.717, 1.165) is 0 Å². The average Bonchev–Trinajstić information content (AvgIpc) is 2.81. The molecule has 1 saturated heterocycles. The van der Waals surface area contributed by atoms with Crippen molar-refractivity contribution < 1.29 is 5.11 Å². The molecule has 0 saturated carbocycles.